The van der Waals surface area contributed by atoms with Gasteiger partial charge >= 0.3 is 0 Å². The second kappa shape index (κ2) is 7.87. The molecule has 1 aliphatic rings. The number of carbonyl (C=O) groups excluding carboxylic acids is 2. The number of hydrogen-bond acceptors (Lipinski definition) is 10. The highest BCUT2D eigenvalue weighted by Gasteiger charge is 2.43. The molecule has 21 heavy (non-hydrogen) atoms. The number of aliphatic hydroxyl groups excluding tert-OH is 6. The van der Waals surface area contributed by atoms with E-state index in [4.69, 9.17) is 14.9 Å². The summed E-state index contributed by atoms with van der Waals surface area (Å²) in [6, 6.07) is 0. The largest absolute Gasteiger partial charge is 0.393 e. The summed E-state index contributed by atoms with van der Waals surface area (Å²) in [4.78, 5) is 22.5. The van der Waals surface area contributed by atoms with Crippen LogP contribution in [0.2, 0.25) is 0 Å². The first-order valence-electron chi connectivity index (χ1n) is 6.15. The summed E-state index contributed by atoms with van der Waals surface area (Å²) in [5.74, 6) is -2.18. The maximum atomic E-state index is 11.3. The molecule has 0 amide bonds. The Balaban J connectivity index is 2.42. The van der Waals surface area contributed by atoms with Crippen LogP contribution in [0.15, 0.2) is 0 Å². The molecule has 0 bridgehead atoms. The minimum atomic E-state index is -1.80. The Kier molecular flexibility index (Phi) is 6.77. The molecule has 1 heterocycles. The Labute approximate surface area is 119 Å². The van der Waals surface area contributed by atoms with Crippen molar-refractivity contribution >= 4 is 11.6 Å². The van der Waals surface area contributed by atoms with Gasteiger partial charge in [0.15, 0.2) is 12.6 Å². The van der Waals surface area contributed by atoms with Gasteiger partial charge in [-0.1, -0.05) is 0 Å². The van der Waals surface area contributed by atoms with Gasteiger partial charge in [-0.25, -0.2) is 0 Å². The van der Waals surface area contributed by atoms with Gasteiger partial charge in [0.1, 0.15) is 24.4 Å². The fourth-order valence-electron chi connectivity index (χ4n) is 1.63. The highest BCUT2D eigenvalue weighted by Crippen LogP contribution is 2.20. The molecule has 1 rings (SSSR count). The lowest BCUT2D eigenvalue weighted by molar-refractivity contribution is -0.339. The molecule has 0 aromatic carbocycles. The second-order valence-electron chi connectivity index (χ2n) is 4.47. The maximum absolute atomic E-state index is 11.3. The van der Waals surface area contributed by atoms with E-state index < -0.39 is 68.2 Å². The van der Waals surface area contributed by atoms with Gasteiger partial charge in [0.05, 0.1) is 13.2 Å². The molecule has 0 radical (unpaired) electrons. The van der Waals surface area contributed by atoms with Crippen molar-refractivity contribution in [1.29, 1.82) is 0 Å². The van der Waals surface area contributed by atoms with Crippen LogP contribution >= 0.6 is 0 Å². The van der Waals surface area contributed by atoms with E-state index in [2.05, 4.69) is 4.74 Å². The van der Waals surface area contributed by atoms with Gasteiger partial charge in [-0.05, 0) is 0 Å². The van der Waals surface area contributed by atoms with Gasteiger partial charge in [0, 0.05) is 6.42 Å². The Morgan fingerprint density at radius 1 is 1.10 bits per heavy atom. The maximum Gasteiger partial charge on any atom is 0.229 e. The molecular weight excluding hydrogens is 292 g/mol. The predicted octanol–water partition coefficient (Wildman–Crippen LogP) is -4.36. The standard InChI is InChI=1S/C11H18O10/c12-3-5(14)6(15)4(13)1-2-20-11-9(18)7(16)8(17)10(19)21-11/h5,7-12,14,16-19H,1-3H2/t5?,7-,8-,9+,10-,11-/m0/s1. The number of ether oxygens (including phenoxy) is 2. The van der Waals surface area contributed by atoms with Gasteiger partial charge < -0.3 is 40.1 Å². The fourth-order valence-corrected chi connectivity index (χ4v) is 1.63. The lowest BCUT2D eigenvalue weighted by Crippen LogP contribution is -2.58. The van der Waals surface area contributed by atoms with Crippen molar-refractivity contribution < 1.29 is 49.7 Å². The summed E-state index contributed by atoms with van der Waals surface area (Å²) in [7, 11) is 0. The van der Waals surface area contributed by atoms with E-state index in [9.17, 15) is 30.0 Å². The zero-order valence-corrected chi connectivity index (χ0v) is 10.9. The van der Waals surface area contributed by atoms with Gasteiger partial charge in [-0.15, -0.1) is 0 Å². The van der Waals surface area contributed by atoms with Crippen molar-refractivity contribution in [2.24, 2.45) is 0 Å². The van der Waals surface area contributed by atoms with Gasteiger partial charge in [0.2, 0.25) is 11.6 Å². The first kappa shape index (κ1) is 18.1. The minimum Gasteiger partial charge on any atom is -0.393 e. The van der Waals surface area contributed by atoms with Crippen LogP contribution in [0.4, 0.5) is 0 Å². The van der Waals surface area contributed by atoms with Crippen LogP contribution in [0.1, 0.15) is 6.42 Å². The first-order chi connectivity index (χ1) is 9.79. The summed E-state index contributed by atoms with van der Waals surface area (Å²) in [5.41, 5.74) is 0. The van der Waals surface area contributed by atoms with Crippen LogP contribution in [0, 0.1) is 0 Å². The average Bonchev–Trinajstić information content (AvgIpc) is 2.48. The number of carbonyl (C=O) groups is 2. The van der Waals surface area contributed by atoms with Crippen molar-refractivity contribution in [3.8, 4) is 0 Å². The van der Waals surface area contributed by atoms with Crippen LogP contribution in [0.3, 0.4) is 0 Å². The Morgan fingerprint density at radius 2 is 1.71 bits per heavy atom. The van der Waals surface area contributed by atoms with E-state index in [1.807, 2.05) is 0 Å². The molecule has 1 unspecified atom stereocenters. The molecule has 6 N–H and O–H groups in total. The number of rotatable bonds is 7. The SMILES string of the molecule is O=C(CCO[C@H]1O[C@H](O)[C@@H](O)[C@H](O)[C@H]1O)C(=O)C(O)CO. The molecule has 1 saturated heterocycles. The van der Waals surface area contributed by atoms with Crippen LogP contribution in [-0.2, 0) is 19.1 Å². The summed E-state index contributed by atoms with van der Waals surface area (Å²) >= 11 is 0. The zero-order chi connectivity index (χ0) is 16.2. The number of hydrogen-bond donors (Lipinski definition) is 6. The van der Waals surface area contributed by atoms with Crippen molar-refractivity contribution in [3.05, 3.63) is 0 Å². The second-order valence-corrected chi connectivity index (χ2v) is 4.47. The third-order valence-electron chi connectivity index (χ3n) is 2.91. The third kappa shape index (κ3) is 4.49. The summed E-state index contributed by atoms with van der Waals surface area (Å²) in [6.45, 7) is -1.29. The van der Waals surface area contributed by atoms with Crippen molar-refractivity contribution in [3.63, 3.8) is 0 Å². The molecule has 6 atom stereocenters. The fraction of sp³-hybridized carbons (Fsp3) is 0.818. The molecule has 122 valence electrons. The quantitative estimate of drug-likeness (QED) is 0.252. The van der Waals surface area contributed by atoms with E-state index in [0.29, 0.717) is 0 Å². The van der Waals surface area contributed by atoms with E-state index in [1.165, 1.54) is 0 Å². The van der Waals surface area contributed by atoms with E-state index in [-0.39, 0.29) is 0 Å². The molecule has 1 aliphatic heterocycles. The molecule has 0 spiro atoms. The normalized spacial score (nSPS) is 34.5. The van der Waals surface area contributed by atoms with Gasteiger partial charge in [-0.2, -0.15) is 0 Å². The Morgan fingerprint density at radius 3 is 2.29 bits per heavy atom. The molecule has 10 heteroatoms. The summed E-state index contributed by atoms with van der Waals surface area (Å²) in [5, 5.41) is 54.8. The molecule has 0 aromatic heterocycles. The number of Topliss-reactive ketones (excluding diaryl/α,β-unsaturated/α-hetero) is 2. The van der Waals surface area contributed by atoms with E-state index >= 15 is 0 Å². The Bertz CT molecular complexity index is 372. The smallest absolute Gasteiger partial charge is 0.229 e. The van der Waals surface area contributed by atoms with Gasteiger partial charge in [0.25, 0.3) is 0 Å². The lowest BCUT2D eigenvalue weighted by atomic mass is 10.0. The monoisotopic (exact) mass is 310 g/mol. The lowest BCUT2D eigenvalue weighted by Gasteiger charge is -2.37. The van der Waals surface area contributed by atoms with E-state index in [1.54, 1.807) is 0 Å². The van der Waals surface area contributed by atoms with Crippen molar-refractivity contribution in [1.82, 2.24) is 0 Å². The van der Waals surface area contributed by atoms with Gasteiger partial charge in [-0.3, -0.25) is 9.59 Å². The Hall–Kier alpha value is -0.980. The molecule has 0 aromatic rings. The van der Waals surface area contributed by atoms with Crippen molar-refractivity contribution in [2.45, 2.75) is 43.4 Å². The molecule has 1 fully saturated rings. The minimum absolute atomic E-state index is 0.403. The summed E-state index contributed by atoms with van der Waals surface area (Å²) < 4.78 is 9.58. The molecular formula is C11H18O10. The van der Waals surface area contributed by atoms with Crippen molar-refractivity contribution in [2.75, 3.05) is 13.2 Å². The van der Waals surface area contributed by atoms with E-state index in [0.717, 1.165) is 0 Å². The highest BCUT2D eigenvalue weighted by atomic mass is 16.7. The van der Waals surface area contributed by atoms with Crippen LogP contribution < -0.4 is 0 Å². The zero-order valence-electron chi connectivity index (χ0n) is 10.9. The molecule has 0 aliphatic carbocycles. The highest BCUT2D eigenvalue weighted by molar-refractivity contribution is 6.38. The number of aliphatic hydroxyl groups is 6. The van der Waals surface area contributed by atoms with Crippen LogP contribution in [0.5, 0.6) is 0 Å². The van der Waals surface area contributed by atoms with Crippen LogP contribution in [0.25, 0.3) is 0 Å². The summed E-state index contributed by atoms with van der Waals surface area (Å²) in [6.07, 6.45) is -10.6. The number of ketones is 2. The van der Waals surface area contributed by atoms with Crippen LogP contribution in [-0.4, -0.2) is 92.4 Å². The molecule has 10 nitrogen and oxygen atoms in total. The topological polar surface area (TPSA) is 174 Å². The first-order valence-corrected chi connectivity index (χ1v) is 6.15. The third-order valence-corrected chi connectivity index (χ3v) is 2.91. The average molecular weight is 310 g/mol. The predicted molar refractivity (Wildman–Crippen MR) is 62.6 cm³/mol. The molecule has 0 saturated carbocycles.